The molecule has 0 N–H and O–H groups in total. The fraction of sp³-hybridized carbons (Fsp3) is 0.562. The van der Waals surface area contributed by atoms with E-state index in [9.17, 15) is 9.59 Å². The minimum absolute atomic E-state index is 0. The largest absolute Gasteiger partial charge is 0.412 e. The lowest BCUT2D eigenvalue weighted by molar-refractivity contribution is 0.100. The molecule has 0 aliphatic carbocycles. The van der Waals surface area contributed by atoms with Gasteiger partial charge in [-0.25, -0.2) is 0 Å². The van der Waals surface area contributed by atoms with Gasteiger partial charge in [0.25, 0.3) is 0 Å². The molecule has 7 nitrogen and oxygen atoms in total. The zero-order chi connectivity index (χ0) is 30.9. The predicted octanol–water partition coefficient (Wildman–Crippen LogP) is 8.30. The number of hydrogen-bond donors (Lipinski definition) is 0. The van der Waals surface area contributed by atoms with E-state index in [1.54, 1.807) is 18.6 Å². The van der Waals surface area contributed by atoms with Crippen LogP contribution in [0, 0.1) is 0 Å². The average molecular weight is 602 g/mol. The number of nitrogens with zero attached hydrogens (tertiary/aromatic N) is 3. The maximum absolute atomic E-state index is 12.3. The van der Waals surface area contributed by atoms with E-state index in [2.05, 4.69) is 77.7 Å². The topological polar surface area (TPSA) is 81.6 Å². The van der Waals surface area contributed by atoms with E-state index in [0.717, 1.165) is 11.1 Å². The second-order valence-electron chi connectivity index (χ2n) is 13.3. The molecule has 0 spiro atoms. The Hall–Kier alpha value is -2.47. The van der Waals surface area contributed by atoms with E-state index in [0.29, 0.717) is 24.6 Å². The average Bonchev–Trinajstić information content (AvgIpc) is 2.84. The summed E-state index contributed by atoms with van der Waals surface area (Å²) in [7, 11) is 0.126. The highest BCUT2D eigenvalue weighted by atomic mass is 28.4. The third-order valence-electron chi connectivity index (χ3n) is 7.66. The standard InChI is InChI=1S/C17H28N2O2Si.C14H23NO2Si.CH4/c1-17(2,3)22(6,7)21-13-14-9-8-11-18-16(14)15(20)10-12-19(4)5;1-11(16)13-12(8-7-9-15-13)10-17-18(5,6)14(2,3)4;/h8-12H,13H2,1-7H3;7-9H,10H2,1-6H3;1H4/b12-10+;;. The van der Waals surface area contributed by atoms with E-state index in [1.165, 1.54) is 13.0 Å². The zero-order valence-electron chi connectivity index (χ0n) is 27.0. The van der Waals surface area contributed by atoms with Crippen LogP contribution in [0.2, 0.25) is 36.3 Å². The maximum Gasteiger partial charge on any atom is 0.205 e. The van der Waals surface area contributed by atoms with Crippen molar-refractivity contribution >= 4 is 28.2 Å². The number of rotatable bonds is 10. The smallest absolute Gasteiger partial charge is 0.205 e. The summed E-state index contributed by atoms with van der Waals surface area (Å²) < 4.78 is 12.3. The normalized spacial score (nSPS) is 12.3. The molecule has 0 radical (unpaired) electrons. The van der Waals surface area contributed by atoms with Crippen LogP contribution in [0.15, 0.2) is 48.9 Å². The van der Waals surface area contributed by atoms with Crippen LogP contribution in [0.1, 0.15) is 88.0 Å². The molecule has 0 aromatic carbocycles. The van der Waals surface area contributed by atoms with Gasteiger partial charge in [0, 0.05) is 56.8 Å². The van der Waals surface area contributed by atoms with Crippen LogP contribution in [-0.4, -0.2) is 57.2 Å². The molecule has 2 aromatic rings. The van der Waals surface area contributed by atoms with Gasteiger partial charge in [-0.05, 0) is 48.4 Å². The number of hydrogen-bond acceptors (Lipinski definition) is 7. The summed E-state index contributed by atoms with van der Waals surface area (Å²) in [5, 5.41) is 0.315. The summed E-state index contributed by atoms with van der Waals surface area (Å²) in [5.74, 6) is -0.104. The molecule has 0 saturated heterocycles. The highest BCUT2D eigenvalue weighted by Crippen LogP contribution is 2.38. The van der Waals surface area contributed by atoms with Gasteiger partial charge in [0.05, 0.1) is 13.2 Å². The van der Waals surface area contributed by atoms with Crippen molar-refractivity contribution < 1.29 is 18.4 Å². The second kappa shape index (κ2) is 15.7. The molecule has 2 aromatic heterocycles. The van der Waals surface area contributed by atoms with Crippen molar-refractivity contribution in [3.63, 3.8) is 0 Å². The summed E-state index contributed by atoms with van der Waals surface area (Å²) in [6, 6.07) is 7.52. The Morgan fingerprint density at radius 3 is 1.56 bits per heavy atom. The minimum atomic E-state index is -1.85. The lowest BCUT2D eigenvalue weighted by Gasteiger charge is -2.36. The summed E-state index contributed by atoms with van der Waals surface area (Å²) in [4.78, 5) is 33.9. The molecule has 0 unspecified atom stereocenters. The van der Waals surface area contributed by atoms with Gasteiger partial charge in [-0.15, -0.1) is 0 Å². The quantitative estimate of drug-likeness (QED) is 0.154. The number of aromatic nitrogens is 2. The first kappa shape index (κ1) is 38.5. The zero-order valence-corrected chi connectivity index (χ0v) is 29.0. The molecule has 0 amide bonds. The molecule has 230 valence electrons. The number of pyridine rings is 2. The molecular weight excluding hydrogens is 547 g/mol. The van der Waals surface area contributed by atoms with Crippen LogP contribution in [0.25, 0.3) is 0 Å². The number of Topliss-reactive ketones (excluding diaryl/α,β-unsaturated/α-hetero) is 1. The van der Waals surface area contributed by atoms with Crippen molar-refractivity contribution in [2.24, 2.45) is 0 Å². The van der Waals surface area contributed by atoms with Gasteiger partial charge >= 0.3 is 0 Å². The molecule has 2 rings (SSSR count). The van der Waals surface area contributed by atoms with Crippen LogP contribution >= 0.6 is 0 Å². The minimum Gasteiger partial charge on any atom is -0.412 e. The molecule has 41 heavy (non-hydrogen) atoms. The Morgan fingerprint density at radius 1 is 0.805 bits per heavy atom. The molecule has 0 aliphatic heterocycles. The molecule has 0 bridgehead atoms. The van der Waals surface area contributed by atoms with Crippen molar-refractivity contribution in [3.05, 3.63) is 71.4 Å². The van der Waals surface area contributed by atoms with Gasteiger partial charge in [0.1, 0.15) is 11.4 Å². The van der Waals surface area contributed by atoms with Gasteiger partial charge in [0.15, 0.2) is 22.4 Å². The maximum atomic E-state index is 12.3. The van der Waals surface area contributed by atoms with Crippen molar-refractivity contribution in [1.82, 2.24) is 14.9 Å². The number of allylic oxidation sites excluding steroid dienone is 1. The molecule has 0 fully saturated rings. The Kier molecular flexibility index (Phi) is 14.7. The first-order valence-corrected chi connectivity index (χ1v) is 19.6. The van der Waals surface area contributed by atoms with Crippen LogP contribution in [0.4, 0.5) is 0 Å². The van der Waals surface area contributed by atoms with Crippen molar-refractivity contribution in [2.75, 3.05) is 14.1 Å². The molecule has 0 atom stereocenters. The number of carbonyl (C=O) groups excluding carboxylic acids is 2. The highest BCUT2D eigenvalue weighted by Gasteiger charge is 2.38. The molecule has 9 heteroatoms. The van der Waals surface area contributed by atoms with Crippen LogP contribution in [-0.2, 0) is 22.1 Å². The van der Waals surface area contributed by atoms with E-state index in [4.69, 9.17) is 8.85 Å². The van der Waals surface area contributed by atoms with Crippen molar-refractivity contribution in [2.45, 2.75) is 105 Å². The van der Waals surface area contributed by atoms with Crippen molar-refractivity contribution in [3.8, 4) is 0 Å². The van der Waals surface area contributed by atoms with Crippen LogP contribution in [0.3, 0.4) is 0 Å². The molecule has 0 saturated carbocycles. The third kappa shape index (κ3) is 12.1. The third-order valence-corrected chi connectivity index (χ3v) is 16.6. The molecule has 0 aliphatic rings. The second-order valence-corrected chi connectivity index (χ2v) is 22.9. The van der Waals surface area contributed by atoms with Gasteiger partial charge in [0.2, 0.25) is 5.78 Å². The van der Waals surface area contributed by atoms with E-state index >= 15 is 0 Å². The Morgan fingerprint density at radius 2 is 1.20 bits per heavy atom. The predicted molar refractivity (Wildman–Crippen MR) is 176 cm³/mol. The van der Waals surface area contributed by atoms with Gasteiger partial charge in [-0.2, -0.15) is 0 Å². The number of carbonyl (C=O) groups is 2. The van der Waals surface area contributed by atoms with Gasteiger partial charge in [-0.1, -0.05) is 61.1 Å². The van der Waals surface area contributed by atoms with Crippen LogP contribution < -0.4 is 0 Å². The van der Waals surface area contributed by atoms with Gasteiger partial charge in [-0.3, -0.25) is 19.6 Å². The van der Waals surface area contributed by atoms with Gasteiger partial charge < -0.3 is 13.8 Å². The summed E-state index contributed by atoms with van der Waals surface area (Å²) >= 11 is 0. The summed E-state index contributed by atoms with van der Waals surface area (Å²) in [6.07, 6.45) is 6.56. The molecule has 2 heterocycles. The highest BCUT2D eigenvalue weighted by molar-refractivity contribution is 6.74. The Bertz CT molecular complexity index is 1160. The van der Waals surface area contributed by atoms with E-state index < -0.39 is 16.6 Å². The van der Waals surface area contributed by atoms with Crippen molar-refractivity contribution in [1.29, 1.82) is 0 Å². The lowest BCUT2D eigenvalue weighted by Crippen LogP contribution is -2.40. The SMILES string of the molecule is C.CC(=O)c1ncccc1CO[Si](C)(C)C(C)(C)C.CN(C)/C=C/C(=O)c1ncccc1CO[Si](C)(C)C(C)(C)C. The first-order valence-electron chi connectivity index (χ1n) is 13.7. The fourth-order valence-corrected chi connectivity index (χ4v) is 4.79. The lowest BCUT2D eigenvalue weighted by atomic mass is 10.1. The Labute approximate surface area is 252 Å². The van der Waals surface area contributed by atoms with Crippen LogP contribution in [0.5, 0.6) is 0 Å². The van der Waals surface area contributed by atoms with E-state index in [1.807, 2.05) is 43.3 Å². The monoisotopic (exact) mass is 601 g/mol. The first-order chi connectivity index (χ1) is 18.2. The number of ketones is 2. The Balaban J connectivity index is 0.000000776. The fourth-order valence-electron chi connectivity index (χ4n) is 2.89. The molecular formula is C32H55N3O4Si2. The summed E-state index contributed by atoms with van der Waals surface area (Å²) in [5.41, 5.74) is 2.73. The van der Waals surface area contributed by atoms with E-state index in [-0.39, 0.29) is 29.1 Å². The summed E-state index contributed by atoms with van der Waals surface area (Å²) in [6.45, 7) is 24.5.